The van der Waals surface area contributed by atoms with Crippen molar-refractivity contribution in [3.8, 4) is 11.1 Å². The molecular formula is C16H12F4N6. The van der Waals surface area contributed by atoms with Crippen molar-refractivity contribution in [3.05, 3.63) is 42.4 Å². The molecular weight excluding hydrogens is 352 g/mol. The predicted molar refractivity (Wildman–Crippen MR) is 87.3 cm³/mol. The number of anilines is 1. The molecule has 0 radical (unpaired) electrons. The molecule has 0 aliphatic rings. The minimum Gasteiger partial charge on any atom is -0.345 e. The van der Waals surface area contributed by atoms with Crippen molar-refractivity contribution in [2.75, 3.05) is 11.9 Å². The number of hydrogen-bond donors (Lipinski definition) is 2. The van der Waals surface area contributed by atoms with E-state index in [0.717, 1.165) is 0 Å². The number of aromatic amines is 1. The smallest absolute Gasteiger partial charge is 0.345 e. The first kappa shape index (κ1) is 16.3. The summed E-state index contributed by atoms with van der Waals surface area (Å²) in [6, 6.07) is 1.35. The molecule has 0 saturated heterocycles. The molecule has 0 bridgehead atoms. The summed E-state index contributed by atoms with van der Waals surface area (Å²) in [4.78, 5) is 14.9. The Kier molecular flexibility index (Phi) is 3.56. The number of aryl methyl sites for hydroxylation is 1. The summed E-state index contributed by atoms with van der Waals surface area (Å²) >= 11 is 0. The van der Waals surface area contributed by atoms with Gasteiger partial charge in [-0.1, -0.05) is 0 Å². The summed E-state index contributed by atoms with van der Waals surface area (Å²) in [7, 11) is 0. The first-order valence-corrected chi connectivity index (χ1v) is 7.60. The first-order chi connectivity index (χ1) is 12.3. The Morgan fingerprint density at radius 1 is 1.23 bits per heavy atom. The van der Waals surface area contributed by atoms with Crippen LogP contribution in [-0.4, -0.2) is 37.1 Å². The standard InChI is InChI=1S/C16H12F4N6/c1-8-5-26-6-9(2-12(17)14(26)24-8)10-3-21-13-11(10)4-22-15(25-13)23-7-16(18,19)20/h2-6H,7H2,1H3,(H2,21,22,23,25). The van der Waals surface area contributed by atoms with E-state index in [2.05, 4.69) is 25.3 Å². The Morgan fingerprint density at radius 3 is 2.81 bits per heavy atom. The number of aromatic nitrogens is 5. The van der Waals surface area contributed by atoms with Crippen LogP contribution in [0.1, 0.15) is 5.69 Å². The lowest BCUT2D eigenvalue weighted by Crippen LogP contribution is -2.22. The summed E-state index contributed by atoms with van der Waals surface area (Å²) in [6.45, 7) is 0.537. The molecule has 26 heavy (non-hydrogen) atoms. The van der Waals surface area contributed by atoms with Crippen LogP contribution in [0.15, 0.2) is 30.9 Å². The summed E-state index contributed by atoms with van der Waals surface area (Å²) in [5.41, 5.74) is 2.46. The lowest BCUT2D eigenvalue weighted by atomic mass is 10.1. The van der Waals surface area contributed by atoms with Crippen molar-refractivity contribution in [1.82, 2.24) is 24.3 Å². The maximum atomic E-state index is 14.3. The van der Waals surface area contributed by atoms with E-state index < -0.39 is 18.5 Å². The second kappa shape index (κ2) is 5.68. The van der Waals surface area contributed by atoms with Gasteiger partial charge in [-0.25, -0.2) is 14.4 Å². The molecule has 0 atom stereocenters. The van der Waals surface area contributed by atoms with Crippen molar-refractivity contribution < 1.29 is 17.6 Å². The zero-order chi connectivity index (χ0) is 18.5. The van der Waals surface area contributed by atoms with Crippen LogP contribution in [0.2, 0.25) is 0 Å². The Morgan fingerprint density at radius 2 is 2.04 bits per heavy atom. The van der Waals surface area contributed by atoms with Crippen molar-refractivity contribution in [1.29, 1.82) is 0 Å². The molecule has 134 valence electrons. The lowest BCUT2D eigenvalue weighted by molar-refractivity contribution is -0.115. The van der Waals surface area contributed by atoms with Gasteiger partial charge in [-0.05, 0) is 13.0 Å². The van der Waals surface area contributed by atoms with E-state index in [1.165, 1.54) is 12.3 Å². The summed E-state index contributed by atoms with van der Waals surface area (Å²) in [6.07, 6.45) is 2.06. The van der Waals surface area contributed by atoms with Gasteiger partial charge in [-0.15, -0.1) is 0 Å². The van der Waals surface area contributed by atoms with Gasteiger partial charge in [0.2, 0.25) is 5.95 Å². The SMILES string of the molecule is Cc1cn2cc(-c3c[nH]c4nc(NCC(F)(F)F)ncc34)cc(F)c2n1. The Labute approximate surface area is 143 Å². The third-order valence-electron chi connectivity index (χ3n) is 3.82. The van der Waals surface area contributed by atoms with Crippen LogP contribution in [0.4, 0.5) is 23.5 Å². The highest BCUT2D eigenvalue weighted by molar-refractivity contribution is 5.93. The Balaban J connectivity index is 1.73. The van der Waals surface area contributed by atoms with E-state index in [-0.39, 0.29) is 11.6 Å². The van der Waals surface area contributed by atoms with Crippen molar-refractivity contribution in [2.24, 2.45) is 0 Å². The molecule has 2 N–H and O–H groups in total. The number of nitrogens with one attached hydrogen (secondary N) is 2. The summed E-state index contributed by atoms with van der Waals surface area (Å²) in [5, 5.41) is 2.69. The molecule has 0 aromatic carbocycles. The van der Waals surface area contributed by atoms with Crippen LogP contribution >= 0.6 is 0 Å². The molecule has 0 unspecified atom stereocenters. The maximum Gasteiger partial charge on any atom is 0.405 e. The minimum atomic E-state index is -4.37. The molecule has 10 heteroatoms. The fraction of sp³-hybridized carbons (Fsp3) is 0.188. The van der Waals surface area contributed by atoms with Gasteiger partial charge >= 0.3 is 6.18 Å². The Bertz CT molecular complexity index is 1110. The number of alkyl halides is 3. The highest BCUT2D eigenvalue weighted by atomic mass is 19.4. The zero-order valence-electron chi connectivity index (χ0n) is 13.4. The maximum absolute atomic E-state index is 14.3. The fourth-order valence-electron chi connectivity index (χ4n) is 2.74. The van der Waals surface area contributed by atoms with E-state index in [9.17, 15) is 17.6 Å². The third kappa shape index (κ3) is 2.93. The van der Waals surface area contributed by atoms with Crippen LogP contribution in [-0.2, 0) is 0 Å². The van der Waals surface area contributed by atoms with E-state index in [1.807, 2.05) is 0 Å². The lowest BCUT2D eigenvalue weighted by Gasteiger charge is -2.07. The number of nitrogens with zero attached hydrogens (tertiary/aromatic N) is 4. The van der Waals surface area contributed by atoms with Gasteiger partial charge < -0.3 is 14.7 Å². The number of fused-ring (bicyclic) bond motifs is 2. The number of pyridine rings is 1. The van der Waals surface area contributed by atoms with Crippen LogP contribution in [0.3, 0.4) is 0 Å². The van der Waals surface area contributed by atoms with Gasteiger partial charge in [0.05, 0.1) is 5.69 Å². The van der Waals surface area contributed by atoms with Gasteiger partial charge in [0, 0.05) is 41.3 Å². The van der Waals surface area contributed by atoms with E-state index in [1.54, 1.807) is 29.9 Å². The van der Waals surface area contributed by atoms with Crippen molar-refractivity contribution in [3.63, 3.8) is 0 Å². The van der Waals surface area contributed by atoms with E-state index in [4.69, 9.17) is 0 Å². The van der Waals surface area contributed by atoms with Crippen molar-refractivity contribution in [2.45, 2.75) is 13.1 Å². The Hall–Kier alpha value is -3.17. The highest BCUT2D eigenvalue weighted by Crippen LogP contribution is 2.29. The fourth-order valence-corrected chi connectivity index (χ4v) is 2.74. The number of halogens is 4. The third-order valence-corrected chi connectivity index (χ3v) is 3.82. The normalized spacial score (nSPS) is 12.2. The molecule has 0 amide bonds. The zero-order valence-corrected chi connectivity index (χ0v) is 13.4. The highest BCUT2D eigenvalue weighted by Gasteiger charge is 2.27. The number of H-pyrrole nitrogens is 1. The molecule has 4 aromatic rings. The molecule has 0 aliphatic carbocycles. The van der Waals surface area contributed by atoms with Gasteiger partial charge in [0.25, 0.3) is 0 Å². The van der Waals surface area contributed by atoms with Crippen molar-refractivity contribution >= 4 is 22.6 Å². The van der Waals surface area contributed by atoms with E-state index in [0.29, 0.717) is 27.9 Å². The van der Waals surface area contributed by atoms with Gasteiger partial charge in [-0.3, -0.25) is 0 Å². The summed E-state index contributed by atoms with van der Waals surface area (Å²) in [5.74, 6) is -0.621. The monoisotopic (exact) mass is 364 g/mol. The summed E-state index contributed by atoms with van der Waals surface area (Å²) < 4.78 is 52.7. The minimum absolute atomic E-state index is 0.143. The molecule has 0 saturated carbocycles. The number of rotatable bonds is 3. The largest absolute Gasteiger partial charge is 0.405 e. The molecule has 4 heterocycles. The second-order valence-electron chi connectivity index (χ2n) is 5.82. The molecule has 0 spiro atoms. The quantitative estimate of drug-likeness (QED) is 0.544. The van der Waals surface area contributed by atoms with Gasteiger partial charge in [0.15, 0.2) is 11.5 Å². The average Bonchev–Trinajstić information content (AvgIpc) is 3.14. The average molecular weight is 364 g/mol. The number of hydrogen-bond acceptors (Lipinski definition) is 4. The van der Waals surface area contributed by atoms with Gasteiger partial charge in [0.1, 0.15) is 12.2 Å². The topological polar surface area (TPSA) is 70.9 Å². The molecule has 0 aliphatic heterocycles. The van der Waals surface area contributed by atoms with Crippen LogP contribution in [0.25, 0.3) is 27.8 Å². The van der Waals surface area contributed by atoms with Crippen LogP contribution in [0, 0.1) is 12.7 Å². The van der Waals surface area contributed by atoms with Gasteiger partial charge in [-0.2, -0.15) is 18.2 Å². The first-order valence-electron chi connectivity index (χ1n) is 7.60. The number of imidazole rings is 1. The van der Waals surface area contributed by atoms with Crippen LogP contribution in [0.5, 0.6) is 0 Å². The molecule has 4 aromatic heterocycles. The molecule has 0 fully saturated rings. The van der Waals surface area contributed by atoms with E-state index >= 15 is 0 Å². The molecule has 6 nitrogen and oxygen atoms in total. The second-order valence-corrected chi connectivity index (χ2v) is 5.82. The molecule has 4 rings (SSSR count). The predicted octanol–water partition coefficient (Wildman–Crippen LogP) is 3.69. The van der Waals surface area contributed by atoms with Crippen LogP contribution < -0.4 is 5.32 Å².